The summed E-state index contributed by atoms with van der Waals surface area (Å²) in [5.41, 5.74) is 9.45. The maximum atomic E-state index is 13.3. The number of aryl methyl sites for hydroxylation is 1. The third-order valence-electron chi connectivity index (χ3n) is 7.03. The second-order valence-electron chi connectivity index (χ2n) is 9.67. The molecular weight excluding hydrogens is 545 g/mol. The summed E-state index contributed by atoms with van der Waals surface area (Å²) in [5.74, 6) is -0.276. The van der Waals surface area contributed by atoms with Crippen molar-refractivity contribution in [2.24, 2.45) is 5.73 Å². The number of fused-ring (bicyclic) bond motifs is 3. The number of hydrogen-bond donors (Lipinski definition) is 2. The fourth-order valence-corrected chi connectivity index (χ4v) is 6.24. The first-order valence-corrected chi connectivity index (χ1v) is 13.4. The van der Waals surface area contributed by atoms with Crippen LogP contribution >= 0.6 is 11.3 Å². The number of benzene rings is 1. The fraction of sp³-hybridized carbons (Fsp3) is 0.296. The van der Waals surface area contributed by atoms with E-state index in [1.807, 2.05) is 7.05 Å². The van der Waals surface area contributed by atoms with Gasteiger partial charge in [0.1, 0.15) is 5.76 Å². The second-order valence-corrected chi connectivity index (χ2v) is 10.7. The fourth-order valence-electron chi connectivity index (χ4n) is 5.07. The number of anilines is 3. The zero-order valence-electron chi connectivity index (χ0n) is 21.4. The number of alkyl halides is 3. The maximum Gasteiger partial charge on any atom is 0.573 e. The van der Waals surface area contributed by atoms with Crippen molar-refractivity contribution < 1.29 is 27.1 Å². The summed E-state index contributed by atoms with van der Waals surface area (Å²) < 4.78 is 49.7. The number of carbonyl (C=O) groups excluding carboxylic acids is 1. The number of piperazine rings is 1. The van der Waals surface area contributed by atoms with Crippen molar-refractivity contribution in [3.63, 3.8) is 0 Å². The largest absolute Gasteiger partial charge is 0.573 e. The molecule has 1 aliphatic heterocycles. The van der Waals surface area contributed by atoms with Gasteiger partial charge < -0.3 is 30.0 Å². The van der Waals surface area contributed by atoms with E-state index in [4.69, 9.17) is 15.1 Å². The Morgan fingerprint density at radius 3 is 2.67 bits per heavy atom. The van der Waals surface area contributed by atoms with Crippen molar-refractivity contribution in [1.82, 2.24) is 14.9 Å². The first-order chi connectivity index (χ1) is 19.2. The van der Waals surface area contributed by atoms with Crippen molar-refractivity contribution in [1.29, 1.82) is 0 Å². The number of nitrogens with two attached hydrogens (primary N) is 1. The number of likely N-dealkylation sites (N-methyl/N-ethyl adjacent to an activating group) is 1. The maximum absolute atomic E-state index is 13.3. The molecule has 0 spiro atoms. The van der Waals surface area contributed by atoms with Crippen LogP contribution in [-0.2, 0) is 12.8 Å². The molecule has 1 amide bonds. The van der Waals surface area contributed by atoms with Crippen LogP contribution in [0.5, 0.6) is 5.75 Å². The molecule has 0 saturated carbocycles. The van der Waals surface area contributed by atoms with Gasteiger partial charge in [-0.15, -0.1) is 24.5 Å². The zero-order chi connectivity index (χ0) is 28.0. The highest BCUT2D eigenvalue weighted by Crippen LogP contribution is 2.47. The number of nitrogens with one attached hydrogen (secondary N) is 1. The second kappa shape index (κ2) is 10.1. The highest BCUT2D eigenvalue weighted by molar-refractivity contribution is 7.18. The number of primary amides is 1. The van der Waals surface area contributed by atoms with Crippen molar-refractivity contribution in [2.45, 2.75) is 19.2 Å². The Kier molecular flexibility index (Phi) is 6.62. The summed E-state index contributed by atoms with van der Waals surface area (Å²) in [6.45, 7) is 3.16. The third kappa shape index (κ3) is 5.09. The van der Waals surface area contributed by atoms with Gasteiger partial charge in [0, 0.05) is 43.6 Å². The van der Waals surface area contributed by atoms with Gasteiger partial charge >= 0.3 is 6.36 Å². The molecule has 0 unspecified atom stereocenters. The Morgan fingerprint density at radius 1 is 1.18 bits per heavy atom. The molecule has 208 valence electrons. The van der Waals surface area contributed by atoms with Crippen molar-refractivity contribution in [2.75, 3.05) is 43.4 Å². The highest BCUT2D eigenvalue weighted by atomic mass is 32.1. The topological polar surface area (TPSA) is 110 Å². The Morgan fingerprint density at radius 2 is 1.98 bits per heavy atom. The van der Waals surface area contributed by atoms with Crippen molar-refractivity contribution >= 4 is 34.6 Å². The third-order valence-corrected chi connectivity index (χ3v) is 8.29. The SMILES string of the molecule is CN1CCN(c2ccc(OC(F)(F)F)c(Nc3ncc4c(n3)-c3c(-c5ccco5)sc(C(N)=O)c3CC4)c2)CC1. The van der Waals surface area contributed by atoms with Gasteiger partial charge in [-0.05, 0) is 61.3 Å². The lowest BCUT2D eigenvalue weighted by molar-refractivity contribution is -0.274. The molecule has 3 N–H and O–H groups in total. The molecule has 40 heavy (non-hydrogen) atoms. The molecule has 9 nitrogen and oxygen atoms in total. The minimum Gasteiger partial charge on any atom is -0.463 e. The van der Waals surface area contributed by atoms with Crippen LogP contribution in [0.15, 0.2) is 47.2 Å². The summed E-state index contributed by atoms with van der Waals surface area (Å²) in [4.78, 5) is 26.8. The highest BCUT2D eigenvalue weighted by Gasteiger charge is 2.33. The Labute approximate surface area is 231 Å². The summed E-state index contributed by atoms with van der Waals surface area (Å²) in [6.07, 6.45) is -0.534. The molecule has 3 aromatic heterocycles. The number of nitrogens with zero attached hydrogens (tertiary/aromatic N) is 4. The number of halogens is 3. The normalized spacial score (nSPS) is 15.4. The summed E-state index contributed by atoms with van der Waals surface area (Å²) in [7, 11) is 2.03. The molecule has 4 aromatic rings. The lowest BCUT2D eigenvalue weighted by Gasteiger charge is -2.34. The van der Waals surface area contributed by atoms with Crippen LogP contribution in [-0.4, -0.2) is 60.4 Å². The minimum atomic E-state index is -4.88. The molecule has 6 rings (SSSR count). The van der Waals surface area contributed by atoms with Crippen LogP contribution in [0.1, 0.15) is 20.8 Å². The molecular formula is C27H25F3N6O3S. The van der Waals surface area contributed by atoms with Crippen LogP contribution in [0.2, 0.25) is 0 Å². The van der Waals surface area contributed by atoms with Crippen LogP contribution in [0, 0.1) is 0 Å². The predicted molar refractivity (Wildman–Crippen MR) is 145 cm³/mol. The number of ether oxygens (including phenoxy) is 1. The van der Waals surface area contributed by atoms with Crippen LogP contribution in [0.25, 0.3) is 21.9 Å². The van der Waals surface area contributed by atoms with Gasteiger partial charge in [0.25, 0.3) is 5.91 Å². The van der Waals surface area contributed by atoms with Crippen LogP contribution in [0.3, 0.4) is 0 Å². The number of furan rings is 1. The predicted octanol–water partition coefficient (Wildman–Crippen LogP) is 5.06. The molecule has 1 aromatic carbocycles. The first kappa shape index (κ1) is 26.1. The van der Waals surface area contributed by atoms with Crippen molar-refractivity contribution in [3.8, 4) is 27.6 Å². The number of amides is 1. The number of carbonyl (C=O) groups is 1. The molecule has 13 heteroatoms. The van der Waals surface area contributed by atoms with E-state index in [0.29, 0.717) is 34.1 Å². The smallest absolute Gasteiger partial charge is 0.463 e. The molecule has 1 fully saturated rings. The van der Waals surface area contributed by atoms with Gasteiger partial charge in [0.05, 0.1) is 27.4 Å². The van der Waals surface area contributed by atoms with E-state index in [9.17, 15) is 18.0 Å². The van der Waals surface area contributed by atoms with Crippen LogP contribution in [0.4, 0.5) is 30.5 Å². The van der Waals surface area contributed by atoms with Gasteiger partial charge in [-0.2, -0.15) is 0 Å². The van der Waals surface area contributed by atoms with E-state index < -0.39 is 18.0 Å². The molecule has 1 saturated heterocycles. The minimum absolute atomic E-state index is 0.0825. The molecule has 0 radical (unpaired) electrons. The van der Waals surface area contributed by atoms with E-state index in [2.05, 4.69) is 24.8 Å². The number of aromatic nitrogens is 2. The van der Waals surface area contributed by atoms with E-state index in [1.54, 1.807) is 30.5 Å². The van der Waals surface area contributed by atoms with Crippen molar-refractivity contribution in [3.05, 3.63) is 58.8 Å². The lowest BCUT2D eigenvalue weighted by Crippen LogP contribution is -2.44. The molecule has 2 aliphatic rings. The van der Waals surface area contributed by atoms with Gasteiger partial charge in [-0.3, -0.25) is 4.79 Å². The van der Waals surface area contributed by atoms with Crippen LogP contribution < -0.4 is 20.7 Å². The quantitative estimate of drug-likeness (QED) is 0.331. The average Bonchev–Trinajstić information content (AvgIpc) is 3.58. The lowest BCUT2D eigenvalue weighted by atomic mass is 9.89. The molecule has 4 heterocycles. The Balaban J connectivity index is 1.40. The van der Waals surface area contributed by atoms with Gasteiger partial charge in [0.15, 0.2) is 5.75 Å². The van der Waals surface area contributed by atoms with E-state index in [1.165, 1.54) is 23.7 Å². The number of hydrogen-bond acceptors (Lipinski definition) is 9. The zero-order valence-corrected chi connectivity index (χ0v) is 22.2. The Bertz CT molecular complexity index is 1560. The number of thiophene rings is 1. The number of rotatable bonds is 6. The first-order valence-electron chi connectivity index (χ1n) is 12.6. The van der Waals surface area contributed by atoms with Gasteiger partial charge in [-0.1, -0.05) is 0 Å². The molecule has 1 aliphatic carbocycles. The molecule has 0 bridgehead atoms. The van der Waals surface area contributed by atoms with E-state index >= 15 is 0 Å². The summed E-state index contributed by atoms with van der Waals surface area (Å²) in [6, 6.07) is 8.06. The summed E-state index contributed by atoms with van der Waals surface area (Å²) in [5, 5.41) is 2.95. The monoisotopic (exact) mass is 570 g/mol. The molecule has 0 atom stereocenters. The Hall–Kier alpha value is -4.10. The van der Waals surface area contributed by atoms with Gasteiger partial charge in [-0.25, -0.2) is 9.97 Å². The van der Waals surface area contributed by atoms with E-state index in [-0.39, 0.29) is 11.6 Å². The van der Waals surface area contributed by atoms with E-state index in [0.717, 1.165) is 48.6 Å². The van der Waals surface area contributed by atoms with Gasteiger partial charge in [0.2, 0.25) is 5.95 Å². The average molecular weight is 571 g/mol. The standard InChI is InChI=1S/C27H25F3N6O3S/c1-35-8-10-36(11-9-35)16-5-7-19(39-27(28,29)30)18(13-16)33-26-32-14-15-4-6-17-21(22(15)34-26)24(20-3-2-12-38-20)40-23(17)25(31)37/h2-3,5,7,12-14H,4,6,8-11H2,1H3,(H2,31,37)(H,32,33,34). The summed E-state index contributed by atoms with van der Waals surface area (Å²) >= 11 is 1.24.